The number of sulfone groups is 1. The number of aliphatic carboxylic acids is 1. The largest absolute Gasteiger partial charge is 0.480 e. The number of rotatable bonds is 11. The van der Waals surface area contributed by atoms with Gasteiger partial charge in [-0.2, -0.15) is 13.2 Å². The number of hydrogen-bond acceptors (Lipinski definition) is 6. The van der Waals surface area contributed by atoms with Gasteiger partial charge in [-0.25, -0.2) is 17.8 Å². The molecular weight excluding hydrogens is 574 g/mol. The zero-order valence-corrected chi connectivity index (χ0v) is 24.2. The summed E-state index contributed by atoms with van der Waals surface area (Å²) in [4.78, 5) is 20.1. The third kappa shape index (κ3) is 7.68. The molecular formula is C30H37F4N3O4S. The van der Waals surface area contributed by atoms with Crippen LogP contribution in [0.5, 0.6) is 0 Å². The molecule has 0 amide bonds. The predicted octanol–water partition coefficient (Wildman–Crippen LogP) is 5.08. The highest BCUT2D eigenvalue weighted by Gasteiger charge is 2.42. The van der Waals surface area contributed by atoms with Gasteiger partial charge in [0.05, 0.1) is 11.3 Å². The molecule has 0 bridgehead atoms. The van der Waals surface area contributed by atoms with Crippen molar-refractivity contribution in [3.8, 4) is 0 Å². The van der Waals surface area contributed by atoms with Crippen LogP contribution >= 0.6 is 0 Å². The first-order valence-electron chi connectivity index (χ1n) is 14.6. The lowest BCUT2D eigenvalue weighted by Crippen LogP contribution is -2.42. The Labute approximate surface area is 243 Å². The van der Waals surface area contributed by atoms with E-state index in [0.717, 1.165) is 63.0 Å². The molecule has 0 spiro atoms. The highest BCUT2D eigenvalue weighted by atomic mass is 32.2. The highest BCUT2D eigenvalue weighted by molar-refractivity contribution is 7.91. The molecule has 0 radical (unpaired) electrons. The van der Waals surface area contributed by atoms with E-state index < -0.39 is 33.6 Å². The first-order chi connectivity index (χ1) is 19.9. The molecule has 1 aromatic carbocycles. The lowest BCUT2D eigenvalue weighted by atomic mass is 9.87. The van der Waals surface area contributed by atoms with Gasteiger partial charge in [-0.1, -0.05) is 25.0 Å². The number of aromatic nitrogens is 1. The number of alkyl halides is 3. The number of nitrogens with zero attached hydrogens (tertiary/aromatic N) is 3. The van der Waals surface area contributed by atoms with Crippen molar-refractivity contribution in [1.29, 1.82) is 0 Å². The Morgan fingerprint density at radius 1 is 1.05 bits per heavy atom. The molecule has 5 rings (SSSR count). The summed E-state index contributed by atoms with van der Waals surface area (Å²) in [5, 5.41) is 9.62. The fraction of sp³-hybridized carbons (Fsp3) is 0.600. The summed E-state index contributed by atoms with van der Waals surface area (Å²) in [6.07, 6.45) is 0.755. The summed E-state index contributed by atoms with van der Waals surface area (Å²) in [5.74, 6) is -0.499. The monoisotopic (exact) mass is 611 g/mol. The number of carboxylic acid groups (broad SMARTS) is 1. The van der Waals surface area contributed by atoms with E-state index in [1.54, 1.807) is 12.1 Å². The van der Waals surface area contributed by atoms with Crippen molar-refractivity contribution in [2.24, 2.45) is 17.8 Å². The summed E-state index contributed by atoms with van der Waals surface area (Å²) in [6.45, 7) is 3.47. The minimum Gasteiger partial charge on any atom is -0.480 e. The minimum atomic E-state index is -4.58. The van der Waals surface area contributed by atoms with E-state index in [0.29, 0.717) is 38.0 Å². The molecule has 42 heavy (non-hydrogen) atoms. The molecule has 7 nitrogen and oxygen atoms in total. The molecule has 3 aliphatic rings. The van der Waals surface area contributed by atoms with Crippen LogP contribution in [0.2, 0.25) is 0 Å². The van der Waals surface area contributed by atoms with Gasteiger partial charge in [0, 0.05) is 31.7 Å². The molecule has 3 heterocycles. The van der Waals surface area contributed by atoms with Gasteiger partial charge in [0.1, 0.15) is 11.9 Å². The molecule has 1 N–H and O–H groups in total. The van der Waals surface area contributed by atoms with Crippen LogP contribution in [0.25, 0.3) is 0 Å². The average Bonchev–Trinajstić information content (AvgIpc) is 3.68. The van der Waals surface area contributed by atoms with Crippen molar-refractivity contribution in [1.82, 2.24) is 14.8 Å². The lowest BCUT2D eigenvalue weighted by molar-refractivity contribution is -0.143. The Hall–Kier alpha value is -2.57. The lowest BCUT2D eigenvalue weighted by Gasteiger charge is -2.34. The van der Waals surface area contributed by atoms with Gasteiger partial charge >= 0.3 is 12.1 Å². The number of piperidine rings is 1. The number of benzene rings is 1. The van der Waals surface area contributed by atoms with Gasteiger partial charge < -0.3 is 10.0 Å². The van der Waals surface area contributed by atoms with Crippen LogP contribution in [0.1, 0.15) is 55.6 Å². The maximum absolute atomic E-state index is 14.1. The Morgan fingerprint density at radius 3 is 2.38 bits per heavy atom. The third-order valence-electron chi connectivity index (χ3n) is 9.10. The Bertz CT molecular complexity index is 1340. The molecule has 1 saturated carbocycles. The highest BCUT2D eigenvalue weighted by Crippen LogP contribution is 2.40. The van der Waals surface area contributed by atoms with Crippen molar-refractivity contribution in [3.05, 3.63) is 59.5 Å². The maximum atomic E-state index is 14.1. The quantitative estimate of drug-likeness (QED) is 0.355. The minimum absolute atomic E-state index is 0.0147. The van der Waals surface area contributed by atoms with Crippen molar-refractivity contribution < 1.29 is 35.9 Å². The van der Waals surface area contributed by atoms with Gasteiger partial charge in [-0.3, -0.25) is 9.69 Å². The zero-order chi connectivity index (χ0) is 30.1. The topological polar surface area (TPSA) is 90.8 Å². The van der Waals surface area contributed by atoms with Crippen molar-refractivity contribution in [2.75, 3.05) is 38.5 Å². The second-order valence-electron chi connectivity index (χ2n) is 12.1. The predicted molar refractivity (Wildman–Crippen MR) is 148 cm³/mol. The molecule has 3 fully saturated rings. The second-order valence-corrected chi connectivity index (χ2v) is 14.2. The molecule has 1 aliphatic carbocycles. The standard InChI is InChI=1S/C30H37F4N3O4S/c31-25-3-1-2-22(15-25)26-19-37(27(29(38)39)14-21-4-5-21)18-23(26)17-36-11-8-20(9-12-36)10-13-42(40,41)28-7-6-24(16-35-28)30(32,33)34/h1-3,6-7,15-16,20-21,23,26-27H,4-5,8-14,17-19H2,(H,38,39). The molecule has 2 saturated heterocycles. The Morgan fingerprint density at radius 2 is 1.79 bits per heavy atom. The van der Waals surface area contributed by atoms with Gasteiger partial charge in [0.15, 0.2) is 14.9 Å². The van der Waals surface area contributed by atoms with Crippen molar-refractivity contribution in [3.63, 3.8) is 0 Å². The average molecular weight is 612 g/mol. The van der Waals surface area contributed by atoms with Crippen LogP contribution < -0.4 is 0 Å². The van der Waals surface area contributed by atoms with E-state index in [2.05, 4.69) is 14.8 Å². The zero-order valence-electron chi connectivity index (χ0n) is 23.3. The van der Waals surface area contributed by atoms with Crippen molar-refractivity contribution in [2.45, 2.75) is 61.7 Å². The van der Waals surface area contributed by atoms with Crippen molar-refractivity contribution >= 4 is 15.8 Å². The maximum Gasteiger partial charge on any atom is 0.417 e. The van der Waals surface area contributed by atoms with E-state index in [1.165, 1.54) is 6.07 Å². The molecule has 3 atom stereocenters. The van der Waals surface area contributed by atoms with Crippen LogP contribution in [0, 0.1) is 23.6 Å². The van der Waals surface area contributed by atoms with Gasteiger partial charge in [-0.15, -0.1) is 0 Å². The molecule has 2 aromatic rings. The number of halogens is 4. The second kappa shape index (κ2) is 12.6. The summed E-state index contributed by atoms with van der Waals surface area (Å²) >= 11 is 0. The normalized spacial score (nSPS) is 23.7. The van der Waals surface area contributed by atoms with Crippen LogP contribution in [-0.2, 0) is 20.8 Å². The van der Waals surface area contributed by atoms with Gasteiger partial charge in [-0.05, 0) is 86.4 Å². The Balaban J connectivity index is 1.17. The van der Waals surface area contributed by atoms with E-state index in [9.17, 15) is 35.9 Å². The number of pyridine rings is 1. The van der Waals surface area contributed by atoms with Crippen LogP contribution in [-0.4, -0.2) is 78.8 Å². The van der Waals surface area contributed by atoms with Crippen LogP contribution in [0.15, 0.2) is 47.6 Å². The van der Waals surface area contributed by atoms with E-state index in [1.807, 2.05) is 6.07 Å². The third-order valence-corrected chi connectivity index (χ3v) is 10.8. The number of likely N-dealkylation sites (tertiary alicyclic amines) is 2. The van der Waals surface area contributed by atoms with E-state index >= 15 is 0 Å². The molecule has 2 aliphatic heterocycles. The smallest absolute Gasteiger partial charge is 0.417 e. The number of hydrogen-bond donors (Lipinski definition) is 1. The molecule has 12 heteroatoms. The summed E-state index contributed by atoms with van der Waals surface area (Å²) in [5.41, 5.74) is -0.102. The molecule has 1 aromatic heterocycles. The number of carboxylic acids is 1. The Kier molecular flexibility index (Phi) is 9.24. The summed E-state index contributed by atoms with van der Waals surface area (Å²) in [6, 6.07) is 7.70. The van der Waals surface area contributed by atoms with Gasteiger partial charge in [0.25, 0.3) is 0 Å². The van der Waals surface area contributed by atoms with E-state index in [-0.39, 0.29) is 34.3 Å². The first-order valence-corrected chi connectivity index (χ1v) is 16.2. The fourth-order valence-corrected chi connectivity index (χ4v) is 7.82. The van der Waals surface area contributed by atoms with E-state index in [4.69, 9.17) is 0 Å². The van der Waals surface area contributed by atoms with Crippen LogP contribution in [0.3, 0.4) is 0 Å². The molecule has 3 unspecified atom stereocenters. The van der Waals surface area contributed by atoms with Gasteiger partial charge in [0.2, 0.25) is 0 Å². The SMILES string of the molecule is O=C(O)C(CC1CC1)N1CC(CN2CCC(CCS(=O)(=O)c3ccc(C(F)(F)F)cn3)CC2)C(c2cccc(F)c2)C1. The summed E-state index contributed by atoms with van der Waals surface area (Å²) in [7, 11) is -3.80. The molecule has 230 valence electrons. The summed E-state index contributed by atoms with van der Waals surface area (Å²) < 4.78 is 77.9. The number of carbonyl (C=O) groups is 1. The fourth-order valence-electron chi connectivity index (χ4n) is 6.48. The van der Waals surface area contributed by atoms with Crippen LogP contribution in [0.4, 0.5) is 17.6 Å². The first kappa shape index (κ1) is 30.9.